The van der Waals surface area contributed by atoms with E-state index in [4.69, 9.17) is 10.2 Å². The molecule has 0 radical (unpaired) electrons. The van der Waals surface area contributed by atoms with Gasteiger partial charge in [0.15, 0.2) is 0 Å². The van der Waals surface area contributed by atoms with Crippen LogP contribution >= 0.6 is 0 Å². The number of hydrogen-bond donors (Lipinski definition) is 4. The van der Waals surface area contributed by atoms with Crippen molar-refractivity contribution in [2.24, 2.45) is 0 Å². The van der Waals surface area contributed by atoms with Crippen LogP contribution in [-0.2, 0) is 15.0 Å². The summed E-state index contributed by atoms with van der Waals surface area (Å²) in [4.78, 5) is 18.5. The number of aromatic hydroxyl groups is 2. The highest BCUT2D eigenvalue weighted by Crippen LogP contribution is 2.32. The maximum Gasteiger partial charge on any atom is 0.327 e. The Kier molecular flexibility index (Phi) is 9.69. The lowest BCUT2D eigenvalue weighted by Crippen LogP contribution is -2.18. The first-order chi connectivity index (χ1) is 12.5. The minimum Gasteiger partial charge on any atom is -0.508 e. The normalized spacial score (nSPS) is 9.56. The minimum atomic E-state index is -0.981. The highest BCUT2D eigenvalue weighted by atomic mass is 16.4. The van der Waals surface area contributed by atoms with Crippen molar-refractivity contribution < 1.29 is 30.0 Å². The van der Waals surface area contributed by atoms with Gasteiger partial charge >= 0.3 is 11.9 Å². The number of rotatable bonds is 4. The van der Waals surface area contributed by atoms with Crippen molar-refractivity contribution in [1.82, 2.24) is 0 Å². The predicted molar refractivity (Wildman–Crippen MR) is 104 cm³/mol. The fourth-order valence-corrected chi connectivity index (χ4v) is 1.92. The third-order valence-corrected chi connectivity index (χ3v) is 3.53. The zero-order valence-corrected chi connectivity index (χ0v) is 15.3. The average molecular weight is 372 g/mol. The van der Waals surface area contributed by atoms with Crippen molar-refractivity contribution in [2.75, 3.05) is 0 Å². The molecule has 2 aromatic rings. The van der Waals surface area contributed by atoms with Crippen LogP contribution in [0.5, 0.6) is 11.5 Å². The molecule has 0 fully saturated rings. The molecule has 0 bridgehead atoms. The summed E-state index contributed by atoms with van der Waals surface area (Å²) in [6.07, 6.45) is 1.67. The Morgan fingerprint density at radius 2 is 0.963 bits per heavy atom. The molecule has 0 aliphatic rings. The second-order valence-corrected chi connectivity index (χ2v) is 5.80. The Morgan fingerprint density at radius 1 is 0.741 bits per heavy atom. The highest BCUT2D eigenvalue weighted by molar-refractivity contribution is 5.79. The van der Waals surface area contributed by atoms with Gasteiger partial charge in [0.2, 0.25) is 0 Å². The van der Waals surface area contributed by atoms with E-state index in [9.17, 15) is 19.8 Å². The summed E-state index contributed by atoms with van der Waals surface area (Å²) in [7, 11) is 0. The number of hydrogen-bond acceptors (Lipinski definition) is 4. The van der Waals surface area contributed by atoms with Gasteiger partial charge in [0.25, 0.3) is 0 Å². The molecule has 0 heterocycles. The maximum absolute atomic E-state index is 9.30. The van der Waals surface area contributed by atoms with Crippen LogP contribution in [0.25, 0.3) is 0 Å². The zero-order chi connectivity index (χ0) is 21.0. The molecule has 0 aliphatic heterocycles. The Labute approximate surface area is 158 Å². The molecule has 4 N–H and O–H groups in total. The molecule has 144 valence electrons. The minimum absolute atomic E-state index is 0.151. The highest BCUT2D eigenvalue weighted by Gasteiger charge is 2.22. The Morgan fingerprint density at radius 3 is 1.15 bits per heavy atom. The van der Waals surface area contributed by atoms with E-state index in [1.54, 1.807) is 24.3 Å². The van der Waals surface area contributed by atoms with Gasteiger partial charge in [-0.05, 0) is 35.4 Å². The quantitative estimate of drug-likeness (QED) is 0.604. The summed E-state index contributed by atoms with van der Waals surface area (Å²) in [6, 6.07) is 14.4. The van der Waals surface area contributed by atoms with Gasteiger partial charge < -0.3 is 20.4 Å². The van der Waals surface area contributed by atoms with Gasteiger partial charge in [-0.15, -0.1) is 0 Å². The average Bonchev–Trinajstić information content (AvgIpc) is 2.63. The molecular formula is C21H24O6. The number of phenolic OH excluding ortho intramolecular Hbond substituents is 2. The predicted octanol–water partition coefficient (Wildman–Crippen LogP) is 3.94. The molecule has 0 aliphatic carbocycles. The summed E-state index contributed by atoms with van der Waals surface area (Å²) in [5.74, 6) is -1.42. The molecule has 6 nitrogen and oxygen atoms in total. The van der Waals surface area contributed by atoms with Gasteiger partial charge in [-0.1, -0.05) is 51.3 Å². The lowest BCUT2D eigenvalue weighted by molar-refractivity contribution is -0.132. The van der Waals surface area contributed by atoms with Crippen LogP contribution in [0.1, 0.15) is 25.0 Å². The van der Waals surface area contributed by atoms with Crippen LogP contribution in [-0.4, -0.2) is 32.4 Å². The first-order valence-electron chi connectivity index (χ1n) is 7.84. The molecule has 0 unspecified atom stereocenters. The number of benzene rings is 2. The lowest BCUT2D eigenvalue weighted by atomic mass is 9.78. The van der Waals surface area contributed by atoms with Gasteiger partial charge in [-0.2, -0.15) is 0 Å². The van der Waals surface area contributed by atoms with Crippen molar-refractivity contribution in [3.05, 3.63) is 85.0 Å². The van der Waals surface area contributed by atoms with Crippen LogP contribution in [0.3, 0.4) is 0 Å². The van der Waals surface area contributed by atoms with E-state index in [2.05, 4.69) is 27.0 Å². The first kappa shape index (κ1) is 23.5. The summed E-state index contributed by atoms with van der Waals surface area (Å²) < 4.78 is 0. The van der Waals surface area contributed by atoms with Gasteiger partial charge in [0.05, 0.1) is 0 Å². The van der Waals surface area contributed by atoms with Gasteiger partial charge in [0, 0.05) is 17.6 Å². The third kappa shape index (κ3) is 8.92. The van der Waals surface area contributed by atoms with E-state index in [1.165, 1.54) is 0 Å². The van der Waals surface area contributed by atoms with Crippen molar-refractivity contribution in [3.8, 4) is 11.5 Å². The fraction of sp³-hybridized carbons (Fsp3) is 0.143. The Bertz CT molecular complexity index is 693. The molecule has 0 saturated carbocycles. The van der Waals surface area contributed by atoms with E-state index in [1.807, 2.05) is 24.3 Å². The molecule has 6 heteroatoms. The van der Waals surface area contributed by atoms with Crippen LogP contribution < -0.4 is 0 Å². The first-order valence-corrected chi connectivity index (χ1v) is 7.84. The zero-order valence-electron chi connectivity index (χ0n) is 15.3. The molecular weight excluding hydrogens is 348 g/mol. The van der Waals surface area contributed by atoms with Crippen molar-refractivity contribution in [3.63, 3.8) is 0 Å². The van der Waals surface area contributed by atoms with Gasteiger partial charge in [-0.3, -0.25) is 0 Å². The van der Waals surface area contributed by atoms with Crippen molar-refractivity contribution in [1.29, 1.82) is 0 Å². The van der Waals surface area contributed by atoms with E-state index < -0.39 is 11.9 Å². The summed E-state index contributed by atoms with van der Waals surface area (Å²) >= 11 is 0. The largest absolute Gasteiger partial charge is 0.508 e. The van der Waals surface area contributed by atoms with E-state index in [-0.39, 0.29) is 16.9 Å². The van der Waals surface area contributed by atoms with Gasteiger partial charge in [0.1, 0.15) is 11.5 Å². The molecule has 0 saturated heterocycles. The van der Waals surface area contributed by atoms with E-state index in [0.29, 0.717) is 0 Å². The maximum atomic E-state index is 9.30. The third-order valence-electron chi connectivity index (χ3n) is 3.53. The molecule has 0 amide bonds. The van der Waals surface area contributed by atoms with Crippen molar-refractivity contribution in [2.45, 2.75) is 19.3 Å². The topological polar surface area (TPSA) is 115 Å². The molecule has 27 heavy (non-hydrogen) atoms. The number of carboxylic acids is 2. The summed E-state index contributed by atoms with van der Waals surface area (Å²) in [6.45, 7) is 10.2. The lowest BCUT2D eigenvalue weighted by Gasteiger charge is -2.26. The second kappa shape index (κ2) is 11.1. The monoisotopic (exact) mass is 372 g/mol. The molecule has 0 spiro atoms. The van der Waals surface area contributed by atoms with E-state index >= 15 is 0 Å². The second-order valence-electron chi connectivity index (χ2n) is 5.80. The van der Waals surface area contributed by atoms with Crippen molar-refractivity contribution >= 4 is 11.9 Å². The standard InChI is InChI=1S/C15H16O2.2C3H4O2/c1-15(2,11-3-7-13(16)8-4-11)12-5-9-14(17)10-6-12;2*1-2-3(4)5/h3-10,16-17H,1-2H3;2*2H,1H2,(H,4,5). The van der Waals surface area contributed by atoms with Gasteiger partial charge in [-0.25, -0.2) is 9.59 Å². The van der Waals surface area contributed by atoms with Crippen LogP contribution in [0.4, 0.5) is 0 Å². The van der Waals surface area contributed by atoms with Crippen LogP contribution in [0, 0.1) is 0 Å². The molecule has 2 aromatic carbocycles. The number of carboxylic acid groups (broad SMARTS) is 2. The van der Waals surface area contributed by atoms with Crippen LogP contribution in [0.15, 0.2) is 73.8 Å². The fourth-order valence-electron chi connectivity index (χ4n) is 1.92. The Hall–Kier alpha value is -3.54. The summed E-state index contributed by atoms with van der Waals surface area (Å²) in [5.41, 5.74) is 2.10. The van der Waals surface area contributed by atoms with E-state index in [0.717, 1.165) is 23.3 Å². The van der Waals surface area contributed by atoms with Crippen LogP contribution in [0.2, 0.25) is 0 Å². The molecule has 2 rings (SSSR count). The number of aliphatic carboxylic acids is 2. The molecule has 0 atom stereocenters. The number of carbonyl (C=O) groups is 2. The Balaban J connectivity index is 0.000000563. The smallest absolute Gasteiger partial charge is 0.327 e. The number of phenols is 2. The summed E-state index contributed by atoms with van der Waals surface area (Å²) in [5, 5.41) is 33.8. The molecule has 0 aromatic heterocycles. The SMILES string of the molecule is C=CC(=O)O.C=CC(=O)O.CC(C)(c1ccc(O)cc1)c1ccc(O)cc1.